The molecule has 1 aromatic heterocycles. The van der Waals surface area contributed by atoms with Gasteiger partial charge in [0.15, 0.2) is 0 Å². The molecule has 0 aromatic carbocycles. The molecule has 4 nitrogen and oxygen atoms in total. The lowest BCUT2D eigenvalue weighted by molar-refractivity contribution is -0.0561. The Morgan fingerprint density at radius 1 is 1.08 bits per heavy atom. The van der Waals surface area contributed by atoms with Crippen molar-refractivity contribution in [3.8, 4) is 6.01 Å². The van der Waals surface area contributed by atoms with E-state index >= 15 is 0 Å². The van der Waals surface area contributed by atoms with Crippen LogP contribution in [0, 0.1) is 0 Å². The number of alkyl halides is 2. The average Bonchev–Trinajstić information content (AvgIpc) is 1.81. The van der Waals surface area contributed by atoms with Crippen molar-refractivity contribution >= 4 is 23.2 Å². The van der Waals surface area contributed by atoms with Gasteiger partial charge in [0.1, 0.15) is 0 Å². The molecule has 0 aliphatic carbocycles. The number of ether oxygens (including phenoxy) is 1. The first-order valence-corrected chi connectivity index (χ1v) is 3.35. The molecule has 0 saturated carbocycles. The number of aromatic nitrogens is 3. The van der Waals surface area contributed by atoms with Gasteiger partial charge in [-0.15, -0.1) is 0 Å². The Labute approximate surface area is 75.5 Å². The molecule has 12 heavy (non-hydrogen) atoms. The highest BCUT2D eigenvalue weighted by atomic mass is 35.5. The van der Waals surface area contributed by atoms with E-state index in [-0.39, 0.29) is 10.6 Å². The highest BCUT2D eigenvalue weighted by Gasteiger charge is 2.09. The molecule has 1 aromatic rings. The van der Waals surface area contributed by atoms with Crippen LogP contribution in [0.25, 0.3) is 0 Å². The lowest BCUT2D eigenvalue weighted by atomic mass is 11.0. The first-order chi connectivity index (χ1) is 5.58. The third kappa shape index (κ3) is 2.71. The quantitative estimate of drug-likeness (QED) is 0.755. The van der Waals surface area contributed by atoms with Crippen LogP contribution in [0.3, 0.4) is 0 Å². The molecule has 0 N–H and O–H groups in total. The number of hydrogen-bond donors (Lipinski definition) is 0. The summed E-state index contributed by atoms with van der Waals surface area (Å²) in [4.78, 5) is 9.79. The summed E-state index contributed by atoms with van der Waals surface area (Å²) in [6, 6.07) is -0.602. The summed E-state index contributed by atoms with van der Waals surface area (Å²) in [7, 11) is 0. The van der Waals surface area contributed by atoms with E-state index in [9.17, 15) is 8.78 Å². The van der Waals surface area contributed by atoms with Crippen molar-refractivity contribution in [1.29, 1.82) is 0 Å². The van der Waals surface area contributed by atoms with Crippen LogP contribution >= 0.6 is 23.2 Å². The molecule has 66 valence electrons. The lowest BCUT2D eigenvalue weighted by Gasteiger charge is -2.00. The second-order valence-electron chi connectivity index (χ2n) is 1.53. The number of nitrogens with zero attached hydrogens (tertiary/aromatic N) is 3. The van der Waals surface area contributed by atoms with Gasteiger partial charge in [-0.1, -0.05) is 0 Å². The van der Waals surface area contributed by atoms with Crippen LogP contribution in [0.1, 0.15) is 0 Å². The van der Waals surface area contributed by atoms with Gasteiger partial charge in [-0.25, -0.2) is 0 Å². The fourth-order valence-corrected chi connectivity index (χ4v) is 0.789. The van der Waals surface area contributed by atoms with Gasteiger partial charge in [0.25, 0.3) is 0 Å². The second kappa shape index (κ2) is 3.77. The van der Waals surface area contributed by atoms with Crippen molar-refractivity contribution < 1.29 is 13.5 Å². The molecule has 0 unspecified atom stereocenters. The maximum Gasteiger partial charge on any atom is 0.389 e. The van der Waals surface area contributed by atoms with E-state index in [2.05, 4.69) is 19.7 Å². The smallest absolute Gasteiger partial charge is 0.389 e. The topological polar surface area (TPSA) is 47.9 Å². The molecule has 0 spiro atoms. The molecule has 0 radical (unpaired) electrons. The van der Waals surface area contributed by atoms with Crippen LogP contribution in [-0.4, -0.2) is 21.6 Å². The minimum atomic E-state index is -3.01. The zero-order chi connectivity index (χ0) is 9.14. The molecule has 0 fully saturated rings. The zero-order valence-electron chi connectivity index (χ0n) is 5.34. The summed E-state index contributed by atoms with van der Waals surface area (Å²) in [6.07, 6.45) is 0. The van der Waals surface area contributed by atoms with Crippen molar-refractivity contribution in [2.45, 2.75) is 6.61 Å². The van der Waals surface area contributed by atoms with Crippen LogP contribution in [-0.2, 0) is 0 Å². The molecule has 0 bridgehead atoms. The van der Waals surface area contributed by atoms with Crippen LogP contribution in [0.4, 0.5) is 8.78 Å². The summed E-state index contributed by atoms with van der Waals surface area (Å²) in [5, 5.41) is -0.601. The molecule has 0 aliphatic heterocycles. The van der Waals surface area contributed by atoms with E-state index in [4.69, 9.17) is 23.2 Å². The second-order valence-corrected chi connectivity index (χ2v) is 2.21. The molecule has 0 atom stereocenters. The van der Waals surface area contributed by atoms with Crippen molar-refractivity contribution in [1.82, 2.24) is 15.0 Å². The summed E-state index contributed by atoms with van der Waals surface area (Å²) in [6.45, 7) is -3.01. The Bertz CT molecular complexity index is 265. The van der Waals surface area contributed by atoms with Crippen molar-refractivity contribution in [3.63, 3.8) is 0 Å². The molecule has 8 heteroatoms. The summed E-state index contributed by atoms with van der Waals surface area (Å²) in [5.74, 6) is 0. The number of rotatable bonds is 2. The van der Waals surface area contributed by atoms with Gasteiger partial charge in [-0.3, -0.25) is 0 Å². The van der Waals surface area contributed by atoms with Crippen molar-refractivity contribution in [3.05, 3.63) is 10.6 Å². The first-order valence-electron chi connectivity index (χ1n) is 2.60. The third-order valence-corrected chi connectivity index (χ3v) is 1.09. The highest BCUT2D eigenvalue weighted by molar-refractivity contribution is 6.31. The molecular formula is C4HCl2F2N3O. The maximum absolute atomic E-state index is 11.6. The number of halogens is 4. The van der Waals surface area contributed by atoms with Gasteiger partial charge in [0.2, 0.25) is 10.6 Å². The standard InChI is InChI=1S/C4HCl2F2N3O/c5-1-9-2(6)11-4(10-1)12-3(7)8/h3H. The Kier molecular flexibility index (Phi) is 2.93. The predicted octanol–water partition coefficient (Wildman–Crippen LogP) is 1.78. The normalized spacial score (nSPS) is 10.4. The minimum Gasteiger partial charge on any atom is -0.401 e. The number of hydrogen-bond acceptors (Lipinski definition) is 4. The zero-order valence-corrected chi connectivity index (χ0v) is 6.85. The van der Waals surface area contributed by atoms with E-state index in [0.29, 0.717) is 0 Å². The summed E-state index contributed by atoms with van der Waals surface area (Å²) in [5.41, 5.74) is 0. The SMILES string of the molecule is FC(F)Oc1nc(Cl)nc(Cl)n1. The molecular weight excluding hydrogens is 215 g/mol. The fourth-order valence-electron chi connectivity index (χ4n) is 0.441. The van der Waals surface area contributed by atoms with Gasteiger partial charge in [0, 0.05) is 0 Å². The largest absolute Gasteiger partial charge is 0.401 e. The Morgan fingerprint density at radius 3 is 2.00 bits per heavy atom. The average molecular weight is 216 g/mol. The summed E-state index contributed by atoms with van der Waals surface area (Å²) < 4.78 is 27.0. The maximum atomic E-state index is 11.6. The Morgan fingerprint density at radius 2 is 1.58 bits per heavy atom. The Balaban J connectivity index is 2.85. The van der Waals surface area contributed by atoms with Crippen molar-refractivity contribution in [2.24, 2.45) is 0 Å². The van der Waals surface area contributed by atoms with E-state index in [1.165, 1.54) is 0 Å². The van der Waals surface area contributed by atoms with Crippen LogP contribution < -0.4 is 4.74 Å². The van der Waals surface area contributed by atoms with Gasteiger partial charge in [-0.05, 0) is 23.2 Å². The monoisotopic (exact) mass is 215 g/mol. The Hall–Kier alpha value is -0.750. The third-order valence-electron chi connectivity index (χ3n) is 0.755. The highest BCUT2D eigenvalue weighted by Crippen LogP contribution is 2.12. The first kappa shape index (κ1) is 9.34. The predicted molar refractivity (Wildman–Crippen MR) is 36.5 cm³/mol. The van der Waals surface area contributed by atoms with Gasteiger partial charge in [-0.2, -0.15) is 23.7 Å². The lowest BCUT2D eigenvalue weighted by Crippen LogP contribution is -2.06. The molecule has 0 amide bonds. The summed E-state index contributed by atoms with van der Waals surface area (Å²) >= 11 is 10.5. The molecule has 1 heterocycles. The van der Waals surface area contributed by atoms with Gasteiger partial charge in [0.05, 0.1) is 0 Å². The fraction of sp³-hybridized carbons (Fsp3) is 0.250. The van der Waals surface area contributed by atoms with Crippen LogP contribution in [0.2, 0.25) is 10.6 Å². The van der Waals surface area contributed by atoms with E-state index < -0.39 is 12.6 Å². The molecule has 0 saturated heterocycles. The van der Waals surface area contributed by atoms with E-state index in [1.807, 2.05) is 0 Å². The van der Waals surface area contributed by atoms with Gasteiger partial charge >= 0.3 is 12.6 Å². The minimum absolute atomic E-state index is 0.300. The van der Waals surface area contributed by atoms with Crippen LogP contribution in [0.5, 0.6) is 6.01 Å². The van der Waals surface area contributed by atoms with E-state index in [1.54, 1.807) is 0 Å². The molecule has 1 rings (SSSR count). The molecule has 0 aliphatic rings. The van der Waals surface area contributed by atoms with Crippen molar-refractivity contribution in [2.75, 3.05) is 0 Å². The van der Waals surface area contributed by atoms with E-state index in [0.717, 1.165) is 0 Å². The van der Waals surface area contributed by atoms with Crippen LogP contribution in [0.15, 0.2) is 0 Å². The van der Waals surface area contributed by atoms with Gasteiger partial charge < -0.3 is 4.74 Å².